The van der Waals surface area contributed by atoms with Crippen LogP contribution in [0.25, 0.3) is 0 Å². The molecule has 0 aliphatic rings. The summed E-state index contributed by atoms with van der Waals surface area (Å²) in [5, 5.41) is 10.1. The Hall–Kier alpha value is -2.83. The smallest absolute Gasteiger partial charge is 0.292 e. The van der Waals surface area contributed by atoms with Crippen LogP contribution in [0.5, 0.6) is 0 Å². The highest BCUT2D eigenvalue weighted by Gasteiger charge is 2.10. The fourth-order valence-corrected chi connectivity index (χ4v) is 1.39. The lowest BCUT2D eigenvalue weighted by Gasteiger charge is -1.98. The zero-order valence-electron chi connectivity index (χ0n) is 10.8. The largest absolute Gasteiger partial charge is 0.397 e. The number of nitrogen functional groups attached to an aromatic ring is 3. The maximum atomic E-state index is 12.3. The van der Waals surface area contributed by atoms with E-state index in [0.29, 0.717) is 11.4 Å². The lowest BCUT2D eigenvalue weighted by molar-refractivity contribution is -0.383. The fraction of sp³-hybridized carbons (Fsp3) is 0.0769. The SMILES string of the molecule is Cc1ccc(N)c(N)c1.Nc1cc(F)ccc1[N+](=O)[O-]. The molecule has 0 saturated heterocycles. The third kappa shape index (κ3) is 4.13. The van der Waals surface area contributed by atoms with Crippen molar-refractivity contribution < 1.29 is 9.31 Å². The van der Waals surface area contributed by atoms with Crippen LogP contribution >= 0.6 is 0 Å². The molecule has 0 aliphatic heterocycles. The van der Waals surface area contributed by atoms with E-state index in [1.54, 1.807) is 0 Å². The number of benzene rings is 2. The van der Waals surface area contributed by atoms with Crippen molar-refractivity contribution in [1.29, 1.82) is 0 Å². The monoisotopic (exact) mass is 278 g/mol. The summed E-state index contributed by atoms with van der Waals surface area (Å²) in [6.45, 7) is 1.98. The van der Waals surface area contributed by atoms with Gasteiger partial charge in [0.25, 0.3) is 5.69 Å². The van der Waals surface area contributed by atoms with E-state index in [4.69, 9.17) is 17.2 Å². The predicted molar refractivity (Wildman–Crippen MR) is 77.5 cm³/mol. The van der Waals surface area contributed by atoms with Crippen LogP contribution in [0.15, 0.2) is 36.4 Å². The molecular weight excluding hydrogens is 263 g/mol. The summed E-state index contributed by atoms with van der Waals surface area (Å²) in [6.07, 6.45) is 0. The van der Waals surface area contributed by atoms with Crippen LogP contribution < -0.4 is 17.2 Å². The fourth-order valence-electron chi connectivity index (χ4n) is 1.39. The second-order valence-electron chi connectivity index (χ2n) is 4.09. The topological polar surface area (TPSA) is 121 Å². The molecule has 0 radical (unpaired) electrons. The first-order chi connectivity index (χ1) is 9.31. The summed E-state index contributed by atoms with van der Waals surface area (Å²) in [5.74, 6) is -0.576. The standard InChI is InChI=1S/C7H10N2.C6H5FN2O2/c1-5-2-3-6(8)7(9)4-5;7-4-1-2-6(9(10)11)5(8)3-4/h2-4H,8-9H2,1H3;1-3H,8H2. The highest BCUT2D eigenvalue weighted by atomic mass is 19.1. The van der Waals surface area contributed by atoms with Crippen LogP contribution in [-0.4, -0.2) is 4.92 Å². The maximum absolute atomic E-state index is 12.3. The third-order valence-electron chi connectivity index (χ3n) is 2.43. The minimum absolute atomic E-state index is 0.157. The molecule has 20 heavy (non-hydrogen) atoms. The van der Waals surface area contributed by atoms with Gasteiger partial charge < -0.3 is 17.2 Å². The first kappa shape index (κ1) is 15.2. The van der Waals surface area contributed by atoms with Gasteiger partial charge >= 0.3 is 0 Å². The van der Waals surface area contributed by atoms with Crippen LogP contribution in [0.3, 0.4) is 0 Å². The van der Waals surface area contributed by atoms with Gasteiger partial charge in [-0.1, -0.05) is 6.07 Å². The number of nitro benzene ring substituents is 1. The van der Waals surface area contributed by atoms with E-state index in [0.717, 1.165) is 23.8 Å². The van der Waals surface area contributed by atoms with Gasteiger partial charge in [-0.3, -0.25) is 10.1 Å². The van der Waals surface area contributed by atoms with Crippen molar-refractivity contribution >= 4 is 22.7 Å². The number of aryl methyl sites for hydroxylation is 1. The normalized spacial score (nSPS) is 9.50. The van der Waals surface area contributed by atoms with Crippen molar-refractivity contribution in [3.63, 3.8) is 0 Å². The highest BCUT2D eigenvalue weighted by molar-refractivity contribution is 5.63. The van der Waals surface area contributed by atoms with Gasteiger partial charge in [0.1, 0.15) is 11.5 Å². The van der Waals surface area contributed by atoms with Crippen molar-refractivity contribution in [3.05, 3.63) is 57.9 Å². The van der Waals surface area contributed by atoms with Crippen molar-refractivity contribution in [2.75, 3.05) is 17.2 Å². The molecular formula is C13H15FN4O2. The zero-order valence-corrected chi connectivity index (χ0v) is 10.8. The van der Waals surface area contributed by atoms with Gasteiger partial charge in [-0.15, -0.1) is 0 Å². The first-order valence-corrected chi connectivity index (χ1v) is 5.62. The van der Waals surface area contributed by atoms with Gasteiger partial charge in [-0.2, -0.15) is 0 Å². The molecule has 0 bridgehead atoms. The summed E-state index contributed by atoms with van der Waals surface area (Å²) in [4.78, 5) is 9.48. The lowest BCUT2D eigenvalue weighted by atomic mass is 10.2. The molecule has 0 fully saturated rings. The van der Waals surface area contributed by atoms with Crippen molar-refractivity contribution in [3.8, 4) is 0 Å². The number of hydrogen-bond donors (Lipinski definition) is 3. The Labute approximate surface area is 115 Å². The van der Waals surface area contributed by atoms with Crippen LogP contribution in [0.4, 0.5) is 27.1 Å². The van der Waals surface area contributed by atoms with E-state index in [2.05, 4.69) is 0 Å². The lowest BCUT2D eigenvalue weighted by Crippen LogP contribution is -1.95. The molecule has 0 heterocycles. The number of nitrogens with zero attached hydrogens (tertiary/aromatic N) is 1. The average molecular weight is 278 g/mol. The Morgan fingerprint density at radius 3 is 2.10 bits per heavy atom. The number of hydrogen-bond acceptors (Lipinski definition) is 5. The molecule has 0 saturated carbocycles. The Bertz CT molecular complexity index is 632. The van der Waals surface area contributed by atoms with Crippen LogP contribution in [-0.2, 0) is 0 Å². The number of anilines is 3. The molecule has 2 aromatic carbocycles. The molecule has 106 valence electrons. The first-order valence-electron chi connectivity index (χ1n) is 5.62. The summed E-state index contributed by atoms with van der Waals surface area (Å²) < 4.78 is 12.3. The van der Waals surface area contributed by atoms with Gasteiger partial charge in [0, 0.05) is 12.1 Å². The number of nitrogens with two attached hydrogens (primary N) is 3. The summed E-state index contributed by atoms with van der Waals surface area (Å²) >= 11 is 0. The maximum Gasteiger partial charge on any atom is 0.292 e. The zero-order chi connectivity index (χ0) is 15.3. The third-order valence-corrected chi connectivity index (χ3v) is 2.43. The van der Waals surface area contributed by atoms with Crippen molar-refractivity contribution in [1.82, 2.24) is 0 Å². The van der Waals surface area contributed by atoms with Gasteiger partial charge in [0.2, 0.25) is 0 Å². The molecule has 0 aromatic heterocycles. The Morgan fingerprint density at radius 1 is 1.00 bits per heavy atom. The molecule has 0 spiro atoms. The van der Waals surface area contributed by atoms with E-state index in [9.17, 15) is 14.5 Å². The molecule has 0 unspecified atom stereocenters. The number of rotatable bonds is 1. The Morgan fingerprint density at radius 2 is 1.65 bits per heavy atom. The molecule has 2 rings (SSSR count). The van der Waals surface area contributed by atoms with Crippen LogP contribution in [0.1, 0.15) is 5.56 Å². The van der Waals surface area contributed by atoms with Crippen molar-refractivity contribution in [2.45, 2.75) is 6.92 Å². The van der Waals surface area contributed by atoms with Gasteiger partial charge in [0.05, 0.1) is 16.3 Å². The van der Waals surface area contributed by atoms with Crippen LogP contribution in [0.2, 0.25) is 0 Å². The van der Waals surface area contributed by atoms with E-state index in [-0.39, 0.29) is 11.4 Å². The summed E-state index contributed by atoms with van der Waals surface area (Å²) in [5.41, 5.74) is 18.1. The van der Waals surface area contributed by atoms with E-state index in [1.165, 1.54) is 0 Å². The molecule has 0 atom stereocenters. The molecule has 0 amide bonds. The second kappa shape index (κ2) is 6.37. The quantitative estimate of drug-likeness (QED) is 0.420. The Balaban J connectivity index is 0.000000204. The average Bonchev–Trinajstić information content (AvgIpc) is 2.34. The molecule has 2 aromatic rings. The predicted octanol–water partition coefficient (Wildman–Crippen LogP) is 2.48. The van der Waals surface area contributed by atoms with Gasteiger partial charge in [-0.05, 0) is 30.7 Å². The molecule has 7 heteroatoms. The molecule has 6 N–H and O–H groups in total. The summed E-state index contributed by atoms with van der Waals surface area (Å²) in [7, 11) is 0. The minimum Gasteiger partial charge on any atom is -0.397 e. The second-order valence-corrected chi connectivity index (χ2v) is 4.09. The van der Waals surface area contributed by atoms with Gasteiger partial charge in [0.15, 0.2) is 0 Å². The highest BCUT2D eigenvalue weighted by Crippen LogP contribution is 2.20. The van der Waals surface area contributed by atoms with Crippen LogP contribution in [0, 0.1) is 22.9 Å². The number of halogens is 1. The van der Waals surface area contributed by atoms with Crippen molar-refractivity contribution in [2.24, 2.45) is 0 Å². The molecule has 0 aliphatic carbocycles. The Kier molecular flexibility index (Phi) is 4.85. The van der Waals surface area contributed by atoms with E-state index < -0.39 is 10.7 Å². The molecule has 6 nitrogen and oxygen atoms in total. The summed E-state index contributed by atoms with van der Waals surface area (Å²) in [6, 6.07) is 8.54. The number of nitro groups is 1. The van der Waals surface area contributed by atoms with Gasteiger partial charge in [-0.25, -0.2) is 4.39 Å². The minimum atomic E-state index is -0.658. The van der Waals surface area contributed by atoms with E-state index >= 15 is 0 Å². The van der Waals surface area contributed by atoms with E-state index in [1.807, 2.05) is 25.1 Å².